The Morgan fingerprint density at radius 2 is 1.83 bits per heavy atom. The van der Waals surface area contributed by atoms with E-state index in [4.69, 9.17) is 21.7 Å². The second-order valence-electron chi connectivity index (χ2n) is 6.08. The van der Waals surface area contributed by atoms with E-state index in [-0.39, 0.29) is 16.9 Å². The standard InChI is InChI=1S/C21H25N3O4S/c1-3-12-28-18-10-5-4-9-17(18)20(26)24-21(29)23-16-8-6-7-15(14-16)19(25)22-11-13-27-2/h4-10,14H,3,11-13H2,1-2H3,(H,22,25)(H2,23,24,26,29). The minimum absolute atomic E-state index is 0.122. The van der Waals surface area contributed by atoms with Gasteiger partial charge in [-0.3, -0.25) is 14.9 Å². The van der Waals surface area contributed by atoms with Gasteiger partial charge in [-0.05, 0) is 49.0 Å². The molecule has 0 spiro atoms. The highest BCUT2D eigenvalue weighted by atomic mass is 32.1. The van der Waals surface area contributed by atoms with Crippen LogP contribution in [0.1, 0.15) is 34.1 Å². The SMILES string of the molecule is CCCOc1ccccc1C(=O)NC(=S)Nc1cccc(C(=O)NCCOC)c1. The van der Waals surface area contributed by atoms with Crippen molar-refractivity contribution in [3.8, 4) is 5.75 Å². The average Bonchev–Trinajstić information content (AvgIpc) is 2.72. The van der Waals surface area contributed by atoms with Gasteiger partial charge < -0.3 is 20.1 Å². The van der Waals surface area contributed by atoms with Crippen molar-refractivity contribution in [1.82, 2.24) is 10.6 Å². The van der Waals surface area contributed by atoms with Gasteiger partial charge in [0.2, 0.25) is 0 Å². The molecular formula is C21H25N3O4S. The summed E-state index contributed by atoms with van der Waals surface area (Å²) in [5, 5.41) is 8.43. The number of hydrogen-bond donors (Lipinski definition) is 3. The molecule has 0 aliphatic carbocycles. The van der Waals surface area contributed by atoms with Crippen LogP contribution < -0.4 is 20.7 Å². The quantitative estimate of drug-likeness (QED) is 0.431. The first-order chi connectivity index (χ1) is 14.0. The highest BCUT2D eigenvalue weighted by Gasteiger charge is 2.14. The van der Waals surface area contributed by atoms with Crippen LogP contribution in [0.15, 0.2) is 48.5 Å². The van der Waals surface area contributed by atoms with Crippen LogP contribution in [0.3, 0.4) is 0 Å². The van der Waals surface area contributed by atoms with Gasteiger partial charge in [-0.15, -0.1) is 0 Å². The van der Waals surface area contributed by atoms with Crippen molar-refractivity contribution in [3.05, 3.63) is 59.7 Å². The zero-order valence-electron chi connectivity index (χ0n) is 16.5. The van der Waals surface area contributed by atoms with E-state index in [0.717, 1.165) is 6.42 Å². The topological polar surface area (TPSA) is 88.7 Å². The Morgan fingerprint density at radius 1 is 1.03 bits per heavy atom. The van der Waals surface area contributed by atoms with E-state index in [9.17, 15) is 9.59 Å². The molecule has 2 aromatic rings. The lowest BCUT2D eigenvalue weighted by atomic mass is 10.2. The van der Waals surface area contributed by atoms with Crippen LogP contribution in [0.4, 0.5) is 5.69 Å². The van der Waals surface area contributed by atoms with Crippen LogP contribution in [0, 0.1) is 0 Å². The molecule has 0 saturated heterocycles. The Hall–Kier alpha value is -2.97. The van der Waals surface area contributed by atoms with Gasteiger partial charge in [-0.1, -0.05) is 25.1 Å². The van der Waals surface area contributed by atoms with Crippen LogP contribution in [-0.2, 0) is 4.74 Å². The summed E-state index contributed by atoms with van der Waals surface area (Å²) in [7, 11) is 1.57. The predicted molar refractivity (Wildman–Crippen MR) is 117 cm³/mol. The van der Waals surface area contributed by atoms with Crippen LogP contribution in [-0.4, -0.2) is 43.8 Å². The molecule has 0 atom stereocenters. The third kappa shape index (κ3) is 7.17. The molecule has 0 aliphatic heterocycles. The monoisotopic (exact) mass is 415 g/mol. The zero-order valence-corrected chi connectivity index (χ0v) is 17.3. The molecule has 0 aliphatic rings. The predicted octanol–water partition coefficient (Wildman–Crippen LogP) is 2.98. The summed E-state index contributed by atoms with van der Waals surface area (Å²) < 4.78 is 10.5. The third-order valence-electron chi connectivity index (χ3n) is 3.79. The molecule has 0 aromatic heterocycles. The number of ether oxygens (including phenoxy) is 2. The highest BCUT2D eigenvalue weighted by molar-refractivity contribution is 7.80. The maximum Gasteiger partial charge on any atom is 0.261 e. The maximum absolute atomic E-state index is 12.6. The van der Waals surface area contributed by atoms with E-state index < -0.39 is 0 Å². The van der Waals surface area contributed by atoms with Gasteiger partial charge >= 0.3 is 0 Å². The maximum atomic E-state index is 12.6. The van der Waals surface area contributed by atoms with Gasteiger partial charge in [-0.25, -0.2) is 0 Å². The van der Waals surface area contributed by atoms with E-state index in [2.05, 4.69) is 16.0 Å². The number of carbonyl (C=O) groups excluding carboxylic acids is 2. The van der Waals surface area contributed by atoms with Gasteiger partial charge in [0.05, 0.1) is 18.8 Å². The van der Waals surface area contributed by atoms with E-state index in [1.165, 1.54) is 0 Å². The highest BCUT2D eigenvalue weighted by Crippen LogP contribution is 2.18. The number of anilines is 1. The fourth-order valence-corrected chi connectivity index (χ4v) is 2.64. The second kappa shape index (κ2) is 11.8. The Kier molecular flexibility index (Phi) is 9.07. The van der Waals surface area contributed by atoms with Crippen LogP contribution >= 0.6 is 12.2 Å². The molecule has 7 nitrogen and oxygen atoms in total. The molecule has 3 N–H and O–H groups in total. The van der Waals surface area contributed by atoms with Gasteiger partial charge in [0.1, 0.15) is 5.75 Å². The van der Waals surface area contributed by atoms with E-state index >= 15 is 0 Å². The van der Waals surface area contributed by atoms with E-state index in [1.54, 1.807) is 49.6 Å². The fourth-order valence-electron chi connectivity index (χ4n) is 2.43. The van der Waals surface area contributed by atoms with Crippen molar-refractivity contribution in [2.45, 2.75) is 13.3 Å². The Labute approximate surface area is 175 Å². The minimum atomic E-state index is -0.373. The fraction of sp³-hybridized carbons (Fsp3) is 0.286. The third-order valence-corrected chi connectivity index (χ3v) is 4.00. The van der Waals surface area contributed by atoms with Gasteiger partial charge in [0, 0.05) is 24.9 Å². The normalized spacial score (nSPS) is 10.1. The molecule has 8 heteroatoms. The number of rotatable bonds is 9. The van der Waals surface area contributed by atoms with Gasteiger partial charge in [-0.2, -0.15) is 0 Å². The Bertz CT molecular complexity index is 857. The molecule has 0 bridgehead atoms. The van der Waals surface area contributed by atoms with Gasteiger partial charge in [0.15, 0.2) is 5.11 Å². The lowest BCUT2D eigenvalue weighted by Gasteiger charge is -2.13. The Morgan fingerprint density at radius 3 is 2.59 bits per heavy atom. The zero-order chi connectivity index (χ0) is 21.1. The molecule has 0 saturated carbocycles. The number of amides is 2. The molecule has 0 unspecified atom stereocenters. The number of thiocarbonyl (C=S) groups is 1. The summed E-state index contributed by atoms with van der Waals surface area (Å²) in [5.41, 5.74) is 1.46. The van der Waals surface area contributed by atoms with E-state index in [0.29, 0.717) is 42.3 Å². The van der Waals surface area contributed by atoms with E-state index in [1.807, 2.05) is 13.0 Å². The molecule has 0 heterocycles. The lowest BCUT2D eigenvalue weighted by Crippen LogP contribution is -2.34. The van der Waals surface area contributed by atoms with Crippen molar-refractivity contribution in [2.75, 3.05) is 32.2 Å². The number of carbonyl (C=O) groups is 2. The minimum Gasteiger partial charge on any atom is -0.493 e. The van der Waals surface area contributed by atoms with Crippen LogP contribution in [0.25, 0.3) is 0 Å². The molecule has 2 rings (SSSR count). The summed E-state index contributed by atoms with van der Waals surface area (Å²) in [4.78, 5) is 24.7. The van der Waals surface area contributed by atoms with Crippen molar-refractivity contribution in [3.63, 3.8) is 0 Å². The molecule has 29 heavy (non-hydrogen) atoms. The largest absolute Gasteiger partial charge is 0.493 e. The summed E-state index contributed by atoms with van der Waals surface area (Å²) in [6.07, 6.45) is 0.839. The smallest absolute Gasteiger partial charge is 0.261 e. The number of methoxy groups -OCH3 is 1. The van der Waals surface area contributed by atoms with Crippen LogP contribution in [0.2, 0.25) is 0 Å². The van der Waals surface area contributed by atoms with Crippen molar-refractivity contribution in [1.29, 1.82) is 0 Å². The van der Waals surface area contributed by atoms with Crippen molar-refractivity contribution in [2.24, 2.45) is 0 Å². The second-order valence-corrected chi connectivity index (χ2v) is 6.49. The summed E-state index contributed by atoms with van der Waals surface area (Å²) in [6.45, 7) is 3.37. The summed E-state index contributed by atoms with van der Waals surface area (Å²) in [5.74, 6) is -0.0882. The molecule has 2 aromatic carbocycles. The number of para-hydroxylation sites is 1. The first-order valence-corrected chi connectivity index (χ1v) is 9.67. The van der Waals surface area contributed by atoms with Crippen LogP contribution in [0.5, 0.6) is 5.75 Å². The molecule has 154 valence electrons. The number of nitrogens with one attached hydrogen (secondary N) is 3. The number of benzene rings is 2. The van der Waals surface area contributed by atoms with Crippen molar-refractivity contribution >= 4 is 34.8 Å². The van der Waals surface area contributed by atoms with Crippen molar-refractivity contribution < 1.29 is 19.1 Å². The first kappa shape index (κ1) is 22.3. The molecule has 0 radical (unpaired) electrons. The summed E-state index contributed by atoms with van der Waals surface area (Å²) in [6, 6.07) is 13.8. The number of hydrogen-bond acceptors (Lipinski definition) is 5. The van der Waals surface area contributed by atoms with Gasteiger partial charge in [0.25, 0.3) is 11.8 Å². The Balaban J connectivity index is 1.98. The first-order valence-electron chi connectivity index (χ1n) is 9.26. The molecule has 2 amide bonds. The molecule has 0 fully saturated rings. The average molecular weight is 416 g/mol. The summed E-state index contributed by atoms with van der Waals surface area (Å²) >= 11 is 5.24. The lowest BCUT2D eigenvalue weighted by molar-refractivity contribution is 0.0935. The molecular weight excluding hydrogens is 390 g/mol.